The molecule has 0 saturated carbocycles. The number of carbonyl (C=O) groups is 1. The molecule has 0 unspecified atom stereocenters. The van der Waals surface area contributed by atoms with E-state index in [2.05, 4.69) is 11.1 Å². The fourth-order valence-corrected chi connectivity index (χ4v) is 5.96. The van der Waals surface area contributed by atoms with E-state index in [0.29, 0.717) is 23.7 Å². The zero-order chi connectivity index (χ0) is 22.6. The summed E-state index contributed by atoms with van der Waals surface area (Å²) in [6.45, 7) is 7.01. The molecule has 0 aliphatic carbocycles. The molecule has 0 radical (unpaired) electrons. The molecule has 0 atom stereocenters. The van der Waals surface area contributed by atoms with E-state index in [1.807, 2.05) is 39.0 Å². The molecule has 164 valence electrons. The van der Waals surface area contributed by atoms with Crippen LogP contribution in [0.5, 0.6) is 0 Å². The van der Waals surface area contributed by atoms with Gasteiger partial charge in [-0.25, -0.2) is 13.4 Å². The number of nitrogens with zero attached hydrogens (tertiary/aromatic N) is 4. The van der Waals surface area contributed by atoms with E-state index in [0.717, 1.165) is 22.4 Å². The van der Waals surface area contributed by atoms with Crippen molar-refractivity contribution in [1.82, 2.24) is 14.2 Å². The van der Waals surface area contributed by atoms with Crippen LogP contribution < -0.4 is 0 Å². The lowest BCUT2D eigenvalue weighted by atomic mass is 10.1. The van der Waals surface area contributed by atoms with Crippen LogP contribution in [0.25, 0.3) is 0 Å². The Labute approximate surface area is 188 Å². The molecule has 2 aromatic rings. The summed E-state index contributed by atoms with van der Waals surface area (Å²) < 4.78 is 26.8. The molecule has 3 rings (SSSR count). The minimum atomic E-state index is -3.42. The van der Waals surface area contributed by atoms with Gasteiger partial charge in [0.25, 0.3) is 0 Å². The Kier molecular flexibility index (Phi) is 7.36. The Morgan fingerprint density at radius 2 is 1.74 bits per heavy atom. The van der Waals surface area contributed by atoms with Gasteiger partial charge >= 0.3 is 0 Å². The van der Waals surface area contributed by atoms with E-state index >= 15 is 0 Å². The smallest absolute Gasteiger partial charge is 0.233 e. The highest BCUT2D eigenvalue weighted by atomic mass is 32.2. The lowest BCUT2D eigenvalue weighted by molar-refractivity contribution is -0.129. The summed E-state index contributed by atoms with van der Waals surface area (Å²) in [4.78, 5) is 18.9. The number of amides is 1. The summed E-state index contributed by atoms with van der Waals surface area (Å²) in [5, 5.41) is 10.0. The first-order valence-electron chi connectivity index (χ1n) is 10.0. The maximum absolute atomic E-state index is 12.7. The van der Waals surface area contributed by atoms with Crippen molar-refractivity contribution in [2.24, 2.45) is 0 Å². The van der Waals surface area contributed by atoms with Crippen LogP contribution in [-0.4, -0.2) is 60.4 Å². The Morgan fingerprint density at radius 1 is 1.10 bits per heavy atom. The van der Waals surface area contributed by atoms with Gasteiger partial charge in [0.15, 0.2) is 0 Å². The van der Waals surface area contributed by atoms with Gasteiger partial charge in [-0.05, 0) is 37.5 Å². The quantitative estimate of drug-likeness (QED) is 0.618. The fourth-order valence-electron chi connectivity index (χ4n) is 3.46. The minimum absolute atomic E-state index is 0.0353. The molecule has 7 nitrogen and oxygen atoms in total. The summed E-state index contributed by atoms with van der Waals surface area (Å²) in [5.74, 6) is 0.0546. The summed E-state index contributed by atoms with van der Waals surface area (Å²) in [7, 11) is -3.42. The SMILES string of the molecule is Cc1nc(SCC(=O)N2CCN(S(=O)(=O)Cc3ccccc3)CC2)c(C#N)c(C)c1C. The number of pyridine rings is 1. The van der Waals surface area contributed by atoms with Gasteiger partial charge in [0.2, 0.25) is 15.9 Å². The first-order valence-corrected chi connectivity index (χ1v) is 12.6. The van der Waals surface area contributed by atoms with Crippen LogP contribution in [-0.2, 0) is 20.6 Å². The molecule has 9 heteroatoms. The number of hydrogen-bond acceptors (Lipinski definition) is 6. The second-order valence-corrected chi connectivity index (χ2v) is 10.5. The molecule has 1 aromatic heterocycles. The lowest BCUT2D eigenvalue weighted by Crippen LogP contribution is -2.51. The number of hydrogen-bond donors (Lipinski definition) is 0. The van der Waals surface area contributed by atoms with E-state index in [4.69, 9.17) is 0 Å². The third-order valence-electron chi connectivity index (χ3n) is 5.58. The Hall–Kier alpha value is -2.41. The molecule has 1 aliphatic rings. The average molecular weight is 459 g/mol. The second-order valence-electron chi connectivity index (χ2n) is 7.55. The maximum Gasteiger partial charge on any atom is 0.233 e. The molecule has 1 saturated heterocycles. The minimum Gasteiger partial charge on any atom is -0.339 e. The van der Waals surface area contributed by atoms with Crippen molar-refractivity contribution < 1.29 is 13.2 Å². The maximum atomic E-state index is 12.7. The van der Waals surface area contributed by atoms with Gasteiger partial charge in [0, 0.05) is 31.9 Å². The molecular weight excluding hydrogens is 432 g/mol. The van der Waals surface area contributed by atoms with Crippen molar-refractivity contribution in [3.8, 4) is 6.07 Å². The molecule has 1 fully saturated rings. The Morgan fingerprint density at radius 3 is 2.35 bits per heavy atom. The Balaban J connectivity index is 1.57. The normalized spacial score (nSPS) is 15.0. The fraction of sp³-hybridized carbons (Fsp3) is 0.409. The van der Waals surface area contributed by atoms with Crippen LogP contribution in [0.1, 0.15) is 27.9 Å². The highest BCUT2D eigenvalue weighted by Gasteiger charge is 2.29. The van der Waals surface area contributed by atoms with Crippen molar-refractivity contribution in [3.63, 3.8) is 0 Å². The van der Waals surface area contributed by atoms with Gasteiger partial charge < -0.3 is 4.90 Å². The van der Waals surface area contributed by atoms with Crippen LogP contribution in [0, 0.1) is 32.1 Å². The third kappa shape index (κ3) is 5.45. The average Bonchev–Trinajstić information content (AvgIpc) is 2.76. The first-order chi connectivity index (χ1) is 14.7. The molecule has 1 amide bonds. The van der Waals surface area contributed by atoms with Crippen LogP contribution in [0.15, 0.2) is 35.4 Å². The Bertz CT molecular complexity index is 1100. The highest BCUT2D eigenvalue weighted by Crippen LogP contribution is 2.26. The number of sulfonamides is 1. The zero-order valence-electron chi connectivity index (χ0n) is 18.0. The van der Waals surface area contributed by atoms with Crippen molar-refractivity contribution in [1.29, 1.82) is 5.26 Å². The number of aryl methyl sites for hydroxylation is 1. The molecule has 2 heterocycles. The standard InChI is InChI=1S/C22H26N4O3S2/c1-16-17(2)20(13-23)22(24-18(16)3)30-14-21(27)25-9-11-26(12-10-25)31(28,29)15-19-7-5-4-6-8-19/h4-8H,9-12,14-15H2,1-3H3. The third-order valence-corrected chi connectivity index (χ3v) is 8.39. The number of aromatic nitrogens is 1. The number of nitriles is 1. The van der Waals surface area contributed by atoms with Crippen molar-refractivity contribution in [3.05, 3.63) is 58.3 Å². The van der Waals surface area contributed by atoms with E-state index in [-0.39, 0.29) is 30.5 Å². The first kappa shape index (κ1) is 23.3. The topological polar surface area (TPSA) is 94.4 Å². The summed E-state index contributed by atoms with van der Waals surface area (Å²) in [5.41, 5.74) is 3.99. The van der Waals surface area contributed by atoms with Crippen molar-refractivity contribution in [2.45, 2.75) is 31.6 Å². The van der Waals surface area contributed by atoms with Crippen LogP contribution in [0.4, 0.5) is 0 Å². The summed E-state index contributed by atoms with van der Waals surface area (Å²) >= 11 is 1.26. The van der Waals surface area contributed by atoms with Gasteiger partial charge in [0.05, 0.1) is 17.1 Å². The van der Waals surface area contributed by atoms with Crippen molar-refractivity contribution in [2.75, 3.05) is 31.9 Å². The largest absolute Gasteiger partial charge is 0.339 e. The van der Waals surface area contributed by atoms with Gasteiger partial charge in [0.1, 0.15) is 11.1 Å². The predicted octanol–water partition coefficient (Wildman–Crippen LogP) is 2.64. The van der Waals surface area contributed by atoms with Crippen LogP contribution in [0.2, 0.25) is 0 Å². The summed E-state index contributed by atoms with van der Waals surface area (Å²) in [6.07, 6.45) is 0. The second kappa shape index (κ2) is 9.81. The van der Waals surface area contributed by atoms with E-state index < -0.39 is 10.0 Å². The lowest BCUT2D eigenvalue weighted by Gasteiger charge is -2.34. The van der Waals surface area contributed by atoms with Crippen LogP contribution >= 0.6 is 11.8 Å². The highest BCUT2D eigenvalue weighted by molar-refractivity contribution is 8.00. The van der Waals surface area contributed by atoms with Crippen LogP contribution in [0.3, 0.4) is 0 Å². The number of benzene rings is 1. The van der Waals surface area contributed by atoms with Gasteiger partial charge in [-0.15, -0.1) is 0 Å². The van der Waals surface area contributed by atoms with E-state index in [1.165, 1.54) is 16.1 Å². The van der Waals surface area contributed by atoms with E-state index in [9.17, 15) is 18.5 Å². The number of carbonyl (C=O) groups excluding carboxylic acids is 1. The summed E-state index contributed by atoms with van der Waals surface area (Å²) in [6, 6.07) is 11.3. The monoisotopic (exact) mass is 458 g/mol. The molecule has 1 aliphatic heterocycles. The van der Waals surface area contributed by atoms with Gasteiger partial charge in [-0.2, -0.15) is 9.57 Å². The molecule has 1 aromatic carbocycles. The number of rotatable bonds is 6. The van der Waals surface area contributed by atoms with E-state index in [1.54, 1.807) is 17.0 Å². The predicted molar refractivity (Wildman–Crippen MR) is 121 cm³/mol. The number of thioether (sulfide) groups is 1. The van der Waals surface area contributed by atoms with Gasteiger partial charge in [-0.3, -0.25) is 4.79 Å². The molecule has 0 bridgehead atoms. The molecule has 31 heavy (non-hydrogen) atoms. The number of piperazine rings is 1. The molecular formula is C22H26N4O3S2. The van der Waals surface area contributed by atoms with Crippen molar-refractivity contribution >= 4 is 27.7 Å². The zero-order valence-corrected chi connectivity index (χ0v) is 19.6. The molecule has 0 spiro atoms. The molecule has 0 N–H and O–H groups in total. The van der Waals surface area contributed by atoms with Gasteiger partial charge in [-0.1, -0.05) is 42.1 Å².